The number of hydrogen-bond acceptors (Lipinski definition) is 4. The van der Waals surface area contributed by atoms with Crippen LogP contribution in [-0.2, 0) is 20.9 Å². The van der Waals surface area contributed by atoms with Gasteiger partial charge in [0.05, 0.1) is 13.0 Å². The van der Waals surface area contributed by atoms with Gasteiger partial charge in [0.15, 0.2) is 0 Å². The summed E-state index contributed by atoms with van der Waals surface area (Å²) in [5.41, 5.74) is 0.930. The van der Waals surface area contributed by atoms with Crippen molar-refractivity contribution in [2.45, 2.75) is 38.8 Å². The van der Waals surface area contributed by atoms with Crippen LogP contribution in [0.15, 0.2) is 30.3 Å². The highest BCUT2D eigenvalue weighted by atomic mass is 16.5. The van der Waals surface area contributed by atoms with Crippen LogP contribution < -0.4 is 5.32 Å². The van der Waals surface area contributed by atoms with Crippen LogP contribution >= 0.6 is 0 Å². The Kier molecular flexibility index (Phi) is 5.81. The van der Waals surface area contributed by atoms with Gasteiger partial charge in [0.1, 0.15) is 6.61 Å². The Morgan fingerprint density at radius 1 is 1.23 bits per heavy atom. The molecule has 0 spiro atoms. The van der Waals surface area contributed by atoms with Gasteiger partial charge in [-0.25, -0.2) is 4.79 Å². The van der Waals surface area contributed by atoms with E-state index in [2.05, 4.69) is 5.32 Å². The third-order valence-electron chi connectivity index (χ3n) is 4.22. The summed E-state index contributed by atoms with van der Waals surface area (Å²) in [4.78, 5) is 23.9. The minimum atomic E-state index is -0.489. The first-order valence-electron chi connectivity index (χ1n) is 7.67. The van der Waals surface area contributed by atoms with Crippen LogP contribution in [0.5, 0.6) is 0 Å². The van der Waals surface area contributed by atoms with Crippen molar-refractivity contribution in [1.29, 1.82) is 0 Å². The maximum atomic E-state index is 12.0. The van der Waals surface area contributed by atoms with Crippen LogP contribution in [0.25, 0.3) is 0 Å². The lowest BCUT2D eigenvalue weighted by atomic mass is 9.78. The summed E-state index contributed by atoms with van der Waals surface area (Å²) in [5.74, 6) is -0.333. The quantitative estimate of drug-likeness (QED) is 0.869. The molecule has 1 N–H and O–H groups in total. The lowest BCUT2D eigenvalue weighted by molar-refractivity contribution is -0.148. The van der Waals surface area contributed by atoms with Crippen LogP contribution in [0.1, 0.15) is 31.7 Å². The van der Waals surface area contributed by atoms with Gasteiger partial charge in [0.25, 0.3) is 0 Å². The number of nitrogens with one attached hydrogen (secondary N) is 1. The van der Waals surface area contributed by atoms with Crippen molar-refractivity contribution in [2.24, 2.45) is 11.8 Å². The fourth-order valence-electron chi connectivity index (χ4n) is 2.97. The third-order valence-corrected chi connectivity index (χ3v) is 4.22. The molecule has 0 aromatic heterocycles. The number of carbonyl (C=O) groups excluding carboxylic acids is 2. The fourth-order valence-corrected chi connectivity index (χ4v) is 2.97. The molecule has 0 saturated heterocycles. The number of rotatable bonds is 4. The summed E-state index contributed by atoms with van der Waals surface area (Å²) in [6.07, 6.45) is 2.20. The van der Waals surface area contributed by atoms with Crippen molar-refractivity contribution >= 4 is 12.1 Å². The monoisotopic (exact) mass is 305 g/mol. The Morgan fingerprint density at radius 3 is 2.64 bits per heavy atom. The van der Waals surface area contributed by atoms with Crippen LogP contribution in [0.3, 0.4) is 0 Å². The molecule has 5 nitrogen and oxygen atoms in total. The second-order valence-electron chi connectivity index (χ2n) is 5.77. The van der Waals surface area contributed by atoms with Crippen molar-refractivity contribution < 1.29 is 19.1 Å². The molecule has 0 unspecified atom stereocenters. The molecule has 1 saturated carbocycles. The van der Waals surface area contributed by atoms with E-state index >= 15 is 0 Å². The Bertz CT molecular complexity index is 503. The molecule has 0 heterocycles. The molecule has 1 aliphatic rings. The lowest BCUT2D eigenvalue weighted by Crippen LogP contribution is -2.49. The first-order valence-corrected chi connectivity index (χ1v) is 7.67. The van der Waals surface area contributed by atoms with Crippen LogP contribution in [0, 0.1) is 11.8 Å². The van der Waals surface area contributed by atoms with Crippen molar-refractivity contribution in [3.8, 4) is 0 Å². The minimum Gasteiger partial charge on any atom is -0.469 e. The van der Waals surface area contributed by atoms with Crippen LogP contribution in [0.4, 0.5) is 4.79 Å². The van der Waals surface area contributed by atoms with E-state index in [4.69, 9.17) is 9.47 Å². The number of ether oxygens (including phenoxy) is 2. The first-order chi connectivity index (χ1) is 10.6. The Morgan fingerprint density at radius 2 is 1.95 bits per heavy atom. The average Bonchev–Trinajstić information content (AvgIpc) is 2.55. The predicted octanol–water partition coefficient (Wildman–Crippen LogP) is 2.89. The second kappa shape index (κ2) is 7.82. The molecular formula is C17H23NO4. The van der Waals surface area contributed by atoms with Gasteiger partial charge in [-0.05, 0) is 24.3 Å². The SMILES string of the molecule is COC(=O)[C@H]1CCC[C@H](C)[C@H]1NC(=O)OCc1ccccc1. The van der Waals surface area contributed by atoms with E-state index < -0.39 is 6.09 Å². The standard InChI is InChI=1S/C17H23NO4/c1-12-7-6-10-14(16(19)21-2)15(12)18-17(20)22-11-13-8-4-3-5-9-13/h3-5,8-9,12,14-15H,6-7,10-11H2,1-2H3,(H,18,20)/t12-,14-,15+/m0/s1. The third kappa shape index (κ3) is 4.23. The molecule has 5 heteroatoms. The maximum absolute atomic E-state index is 12.0. The van der Waals surface area contributed by atoms with Gasteiger partial charge in [-0.15, -0.1) is 0 Å². The Labute approximate surface area is 131 Å². The number of alkyl carbamates (subject to hydrolysis) is 1. The minimum absolute atomic E-state index is 0.219. The Hall–Kier alpha value is -2.04. The van der Waals surface area contributed by atoms with E-state index in [1.807, 2.05) is 37.3 Å². The molecule has 1 aliphatic carbocycles. The van der Waals surface area contributed by atoms with Crippen molar-refractivity contribution in [2.75, 3.05) is 7.11 Å². The summed E-state index contributed by atoms with van der Waals surface area (Å²) in [6, 6.07) is 9.26. The smallest absolute Gasteiger partial charge is 0.407 e. The molecule has 0 bridgehead atoms. The highest BCUT2D eigenvalue weighted by Crippen LogP contribution is 2.30. The molecule has 0 aliphatic heterocycles. The van der Waals surface area contributed by atoms with E-state index in [1.54, 1.807) is 0 Å². The van der Waals surface area contributed by atoms with Gasteiger partial charge < -0.3 is 14.8 Å². The normalized spacial score (nSPS) is 24.4. The van der Waals surface area contributed by atoms with Crippen molar-refractivity contribution in [3.05, 3.63) is 35.9 Å². The molecule has 1 amide bonds. The molecule has 22 heavy (non-hydrogen) atoms. The molecule has 1 fully saturated rings. The zero-order valence-corrected chi connectivity index (χ0v) is 13.1. The summed E-state index contributed by atoms with van der Waals surface area (Å²) in [6.45, 7) is 2.26. The lowest BCUT2D eigenvalue weighted by Gasteiger charge is -2.34. The van der Waals surface area contributed by atoms with Gasteiger partial charge in [0, 0.05) is 6.04 Å². The molecule has 120 valence electrons. The van der Waals surface area contributed by atoms with E-state index in [-0.39, 0.29) is 30.5 Å². The number of amides is 1. The topological polar surface area (TPSA) is 64.6 Å². The molecule has 2 rings (SSSR count). The number of hydrogen-bond donors (Lipinski definition) is 1. The first kappa shape index (κ1) is 16.3. The van der Waals surface area contributed by atoms with E-state index in [9.17, 15) is 9.59 Å². The molecule has 3 atom stereocenters. The van der Waals surface area contributed by atoms with Crippen LogP contribution in [-0.4, -0.2) is 25.2 Å². The number of methoxy groups -OCH3 is 1. The Balaban J connectivity index is 1.91. The predicted molar refractivity (Wildman–Crippen MR) is 82.1 cm³/mol. The van der Waals surface area contributed by atoms with Gasteiger partial charge in [-0.2, -0.15) is 0 Å². The van der Waals surface area contributed by atoms with Crippen LogP contribution in [0.2, 0.25) is 0 Å². The summed E-state index contributed by atoms with van der Waals surface area (Å²) < 4.78 is 10.1. The van der Waals surface area contributed by atoms with Gasteiger partial charge in [-0.3, -0.25) is 4.79 Å². The zero-order chi connectivity index (χ0) is 15.9. The molecule has 0 radical (unpaired) electrons. The maximum Gasteiger partial charge on any atom is 0.407 e. The number of esters is 1. The van der Waals surface area contributed by atoms with Crippen molar-refractivity contribution in [3.63, 3.8) is 0 Å². The molecule has 1 aromatic rings. The highest BCUT2D eigenvalue weighted by Gasteiger charge is 2.37. The summed E-state index contributed by atoms with van der Waals surface area (Å²) >= 11 is 0. The van der Waals surface area contributed by atoms with Gasteiger partial charge in [-0.1, -0.05) is 43.7 Å². The number of carbonyl (C=O) groups is 2. The highest BCUT2D eigenvalue weighted by molar-refractivity contribution is 5.75. The van der Waals surface area contributed by atoms with E-state index in [0.29, 0.717) is 0 Å². The fraction of sp³-hybridized carbons (Fsp3) is 0.529. The van der Waals surface area contributed by atoms with E-state index in [0.717, 1.165) is 24.8 Å². The largest absolute Gasteiger partial charge is 0.469 e. The summed E-state index contributed by atoms with van der Waals surface area (Å²) in [7, 11) is 1.38. The second-order valence-corrected chi connectivity index (χ2v) is 5.77. The molecule has 1 aromatic carbocycles. The number of benzene rings is 1. The van der Waals surface area contributed by atoms with Crippen molar-refractivity contribution in [1.82, 2.24) is 5.32 Å². The zero-order valence-electron chi connectivity index (χ0n) is 13.1. The van der Waals surface area contributed by atoms with Gasteiger partial charge >= 0.3 is 12.1 Å². The van der Waals surface area contributed by atoms with Gasteiger partial charge in [0.2, 0.25) is 0 Å². The molecular weight excluding hydrogens is 282 g/mol. The van der Waals surface area contributed by atoms with E-state index in [1.165, 1.54) is 7.11 Å². The average molecular weight is 305 g/mol. The summed E-state index contributed by atoms with van der Waals surface area (Å²) in [5, 5.41) is 2.84.